The molecule has 0 spiro atoms. The Labute approximate surface area is 172 Å². The maximum absolute atomic E-state index is 12.3. The van der Waals surface area contributed by atoms with E-state index in [1.54, 1.807) is 28.4 Å². The highest BCUT2D eigenvalue weighted by atomic mass is 35.5. The number of nitrogens with one attached hydrogen (secondary N) is 1. The van der Waals surface area contributed by atoms with Gasteiger partial charge in [0, 0.05) is 10.8 Å². The molecular formula is C21H30ClNO3S. The number of thiophene rings is 1. The molecule has 2 aromatic rings. The summed E-state index contributed by atoms with van der Waals surface area (Å²) in [7, 11) is 0. The lowest BCUT2D eigenvalue weighted by atomic mass is 10.0. The van der Waals surface area contributed by atoms with Crippen LogP contribution in [0.1, 0.15) is 44.6 Å². The summed E-state index contributed by atoms with van der Waals surface area (Å²) in [5.74, 6) is 0.752. The second-order valence-electron chi connectivity index (χ2n) is 6.71. The molecule has 1 fully saturated rings. The van der Waals surface area contributed by atoms with Crippen molar-refractivity contribution < 1.29 is 31.6 Å². The quantitative estimate of drug-likeness (QED) is 0.576. The zero-order chi connectivity index (χ0) is 17.5. The van der Waals surface area contributed by atoms with Crippen molar-refractivity contribution in [2.45, 2.75) is 39.7 Å². The van der Waals surface area contributed by atoms with Gasteiger partial charge in [0.1, 0.15) is 11.9 Å². The van der Waals surface area contributed by atoms with E-state index in [-0.39, 0.29) is 31.9 Å². The van der Waals surface area contributed by atoms with Gasteiger partial charge in [-0.25, -0.2) is 4.79 Å². The Bertz CT molecular complexity index is 645. The van der Waals surface area contributed by atoms with Gasteiger partial charge >= 0.3 is 6.16 Å². The first kappa shape index (κ1) is 23.5. The highest BCUT2D eigenvalue weighted by Gasteiger charge is 2.29. The summed E-state index contributed by atoms with van der Waals surface area (Å²) in [4.78, 5) is 15.0. The molecule has 3 rings (SSSR count). The van der Waals surface area contributed by atoms with Crippen LogP contribution < -0.4 is 22.0 Å². The van der Waals surface area contributed by atoms with Crippen molar-refractivity contribution in [1.29, 1.82) is 0 Å². The number of hydrogen-bond acceptors (Lipinski definition) is 4. The first-order chi connectivity index (χ1) is 12.2. The normalized spacial score (nSPS) is 16.3. The summed E-state index contributed by atoms with van der Waals surface area (Å²) in [5, 5.41) is 2.02. The molecule has 2 heterocycles. The smallest absolute Gasteiger partial charge is 0.514 e. The van der Waals surface area contributed by atoms with Gasteiger partial charge in [-0.05, 0) is 42.8 Å². The third-order valence-corrected chi connectivity index (χ3v) is 5.61. The largest absolute Gasteiger partial charge is 1.00 e. The van der Waals surface area contributed by atoms with E-state index in [1.807, 2.05) is 35.7 Å². The lowest BCUT2D eigenvalue weighted by molar-refractivity contribution is -0.908. The molecule has 0 aliphatic carbocycles. The lowest BCUT2D eigenvalue weighted by Crippen LogP contribution is -3.13. The fourth-order valence-electron chi connectivity index (χ4n) is 3.44. The first-order valence-electron chi connectivity index (χ1n) is 9.03. The van der Waals surface area contributed by atoms with Crippen LogP contribution in [-0.2, 0) is 4.74 Å². The van der Waals surface area contributed by atoms with Crippen molar-refractivity contribution >= 4 is 17.5 Å². The van der Waals surface area contributed by atoms with Gasteiger partial charge < -0.3 is 26.8 Å². The topological polar surface area (TPSA) is 40.0 Å². The zero-order valence-electron chi connectivity index (χ0n) is 15.0. The summed E-state index contributed by atoms with van der Waals surface area (Å²) in [5.41, 5.74) is 0. The Hall–Kier alpha value is -1.56. The van der Waals surface area contributed by atoms with Crippen LogP contribution in [-0.4, -0.2) is 25.8 Å². The molecule has 27 heavy (non-hydrogen) atoms. The first-order valence-corrected chi connectivity index (χ1v) is 9.91. The minimum atomic E-state index is -0.634. The van der Waals surface area contributed by atoms with Crippen molar-refractivity contribution in [2.24, 2.45) is 5.92 Å². The van der Waals surface area contributed by atoms with E-state index in [9.17, 15) is 4.79 Å². The number of rotatable bonds is 6. The van der Waals surface area contributed by atoms with Crippen LogP contribution >= 0.6 is 11.3 Å². The van der Waals surface area contributed by atoms with Gasteiger partial charge in [0.25, 0.3) is 0 Å². The van der Waals surface area contributed by atoms with Crippen molar-refractivity contribution in [1.82, 2.24) is 0 Å². The number of piperidine rings is 1. The fourth-order valence-corrected chi connectivity index (χ4v) is 4.32. The van der Waals surface area contributed by atoms with Gasteiger partial charge in [-0.2, -0.15) is 0 Å². The molecule has 1 aromatic carbocycles. The molecule has 2 atom stereocenters. The number of halogens is 1. The molecule has 1 N–H and O–H groups in total. The van der Waals surface area contributed by atoms with E-state index >= 15 is 0 Å². The number of para-hydroxylation sites is 1. The summed E-state index contributed by atoms with van der Waals surface area (Å²) in [6.45, 7) is 5.62. The van der Waals surface area contributed by atoms with Crippen LogP contribution in [0.15, 0.2) is 47.8 Å². The maximum atomic E-state index is 12.3. The highest BCUT2D eigenvalue weighted by molar-refractivity contribution is 7.10. The number of hydrogen-bond donors (Lipinski definition) is 1. The average Bonchev–Trinajstić information content (AvgIpc) is 3.15. The van der Waals surface area contributed by atoms with E-state index in [1.165, 1.54) is 32.4 Å². The van der Waals surface area contributed by atoms with Crippen LogP contribution in [0.25, 0.3) is 0 Å². The van der Waals surface area contributed by atoms with E-state index in [0.717, 1.165) is 11.4 Å². The Kier molecular flexibility index (Phi) is 10.4. The predicted molar refractivity (Wildman–Crippen MR) is 106 cm³/mol. The molecule has 1 aliphatic rings. The van der Waals surface area contributed by atoms with Crippen LogP contribution in [0.5, 0.6) is 5.75 Å². The molecule has 0 amide bonds. The third kappa shape index (κ3) is 7.17. The van der Waals surface area contributed by atoms with Gasteiger partial charge in [-0.1, -0.05) is 38.6 Å². The second kappa shape index (κ2) is 12.0. The minimum absolute atomic E-state index is 0. The van der Waals surface area contributed by atoms with E-state index in [2.05, 4.69) is 6.92 Å². The average molecular weight is 412 g/mol. The second-order valence-corrected chi connectivity index (χ2v) is 7.69. The number of benzene rings is 1. The fraction of sp³-hybridized carbons (Fsp3) is 0.476. The van der Waals surface area contributed by atoms with Gasteiger partial charge in [0.2, 0.25) is 0 Å². The van der Waals surface area contributed by atoms with Gasteiger partial charge in [-0.15, -0.1) is 11.3 Å². The molecule has 0 saturated carbocycles. The number of quaternary nitrogens is 1. The van der Waals surface area contributed by atoms with Crippen LogP contribution in [0, 0.1) is 5.92 Å². The Balaban J connectivity index is 0.00000182. The Morgan fingerprint density at radius 3 is 2.44 bits per heavy atom. The van der Waals surface area contributed by atoms with Crippen molar-refractivity contribution in [2.75, 3.05) is 19.6 Å². The number of likely N-dealkylation sites (tertiary alicyclic amines) is 1. The molecule has 1 aliphatic heterocycles. The van der Waals surface area contributed by atoms with Crippen LogP contribution in [0.3, 0.4) is 0 Å². The number of ether oxygens (including phenoxy) is 2. The molecule has 6 heteroatoms. The summed E-state index contributed by atoms with van der Waals surface area (Å²) in [6, 6.07) is 13.1. The van der Waals surface area contributed by atoms with Crippen molar-refractivity contribution in [3.05, 3.63) is 52.7 Å². The van der Waals surface area contributed by atoms with E-state index in [4.69, 9.17) is 9.47 Å². The summed E-state index contributed by atoms with van der Waals surface area (Å²) >= 11 is 1.63. The van der Waals surface area contributed by atoms with Gasteiger partial charge in [0.05, 0.1) is 19.6 Å². The van der Waals surface area contributed by atoms with Crippen molar-refractivity contribution in [3.8, 4) is 5.75 Å². The monoisotopic (exact) mass is 411 g/mol. The van der Waals surface area contributed by atoms with Gasteiger partial charge in [-0.3, -0.25) is 0 Å². The molecule has 4 nitrogen and oxygen atoms in total. The molecule has 2 unspecified atom stereocenters. The minimum Gasteiger partial charge on any atom is -1.00 e. The molecule has 0 radical (unpaired) electrons. The van der Waals surface area contributed by atoms with E-state index < -0.39 is 6.16 Å². The molecule has 1 aromatic heterocycles. The maximum Gasteiger partial charge on any atom is 0.514 e. The molecule has 1 saturated heterocycles. The predicted octanol–water partition coefficient (Wildman–Crippen LogP) is 1.35. The van der Waals surface area contributed by atoms with Gasteiger partial charge in [0.15, 0.2) is 0 Å². The number of carbonyl (C=O) groups excluding carboxylic acids is 1. The Morgan fingerprint density at radius 2 is 1.81 bits per heavy atom. The lowest BCUT2D eigenvalue weighted by Gasteiger charge is -2.29. The standard InChI is InChI=1S/C20H25NO3S.CH4.ClH/c1-16(15-21-12-6-3-7-13-21)19(18-11-8-14-25-18)24-20(22)23-17-9-4-2-5-10-17;;/h2,4-5,8-11,14,16,19H,3,6-7,12-13,15H2,1H3;1H4;1H. The SMILES string of the molecule is C.CC(C[NH+]1CCCCC1)C(OC(=O)Oc1ccccc1)c1cccs1.[Cl-]. The summed E-state index contributed by atoms with van der Waals surface area (Å²) in [6.07, 6.45) is 3.04. The Morgan fingerprint density at radius 1 is 1.11 bits per heavy atom. The summed E-state index contributed by atoms with van der Waals surface area (Å²) < 4.78 is 11.1. The zero-order valence-corrected chi connectivity index (χ0v) is 16.6. The van der Waals surface area contributed by atoms with Crippen LogP contribution in [0.4, 0.5) is 4.79 Å². The molecular weight excluding hydrogens is 382 g/mol. The number of carbonyl (C=O) groups is 1. The van der Waals surface area contributed by atoms with Crippen LogP contribution in [0.2, 0.25) is 0 Å². The van der Waals surface area contributed by atoms with Crippen molar-refractivity contribution in [3.63, 3.8) is 0 Å². The molecule has 0 bridgehead atoms. The van der Waals surface area contributed by atoms with E-state index in [0.29, 0.717) is 5.75 Å². The third-order valence-electron chi connectivity index (χ3n) is 4.68. The highest BCUT2D eigenvalue weighted by Crippen LogP contribution is 2.30. The molecule has 150 valence electrons.